The number of hydrogen-bond acceptors (Lipinski definition) is 8. The molecule has 1 aliphatic heterocycles. The molecule has 1 aromatic carbocycles. The van der Waals surface area contributed by atoms with Gasteiger partial charge >= 0.3 is 0 Å². The zero-order chi connectivity index (χ0) is 27.9. The average Bonchev–Trinajstić information content (AvgIpc) is 3.48. The summed E-state index contributed by atoms with van der Waals surface area (Å²) in [5.41, 5.74) is 9.58. The third-order valence-electron chi connectivity index (χ3n) is 6.44. The molecule has 1 fully saturated rings. The molecule has 1 saturated heterocycles. The van der Waals surface area contributed by atoms with Crippen molar-refractivity contribution in [3.05, 3.63) is 41.0 Å². The lowest BCUT2D eigenvalue weighted by Crippen LogP contribution is -2.58. The number of aliphatic hydroxyl groups excluding tert-OH is 1. The number of aliphatic hydroxyl groups is 1. The molecule has 2 aromatic rings. The molecule has 1 aliphatic rings. The minimum absolute atomic E-state index is 0.0231. The standard InChI is InChI=1S/C27H39N5O5S/c1-17-23(38-16-30-17)19-8-6-18(7-9-19)13-29-25(35)21-12-20(33)14-32(21)26(36)24(27(2,3)4)31-22(34)15-37-11-5-10-28/h6-9,16,20-21,24,33H,5,10-15,28H2,1-4H3,(H,29,35)(H,31,34)/t20-,21+,24-/m1/s1. The molecule has 11 heteroatoms. The number of rotatable bonds is 11. The Hall–Kier alpha value is -2.86. The summed E-state index contributed by atoms with van der Waals surface area (Å²) in [4.78, 5) is 45.9. The topological polar surface area (TPSA) is 147 Å². The summed E-state index contributed by atoms with van der Waals surface area (Å²) in [7, 11) is 0. The van der Waals surface area contributed by atoms with E-state index in [4.69, 9.17) is 10.5 Å². The van der Waals surface area contributed by atoms with Gasteiger partial charge in [0.1, 0.15) is 18.7 Å². The second kappa shape index (κ2) is 13.3. The van der Waals surface area contributed by atoms with Crippen LogP contribution >= 0.6 is 11.3 Å². The summed E-state index contributed by atoms with van der Waals surface area (Å²) in [6.07, 6.45) is -0.0610. The average molecular weight is 546 g/mol. The van der Waals surface area contributed by atoms with E-state index in [9.17, 15) is 19.5 Å². The molecule has 3 amide bonds. The highest BCUT2D eigenvalue weighted by Gasteiger charge is 2.44. The summed E-state index contributed by atoms with van der Waals surface area (Å²) in [6.45, 7) is 8.42. The molecule has 0 aliphatic carbocycles. The fourth-order valence-electron chi connectivity index (χ4n) is 4.33. The predicted molar refractivity (Wildman–Crippen MR) is 146 cm³/mol. The van der Waals surface area contributed by atoms with Crippen molar-refractivity contribution in [3.63, 3.8) is 0 Å². The van der Waals surface area contributed by atoms with Crippen LogP contribution in [-0.2, 0) is 25.7 Å². The number of ether oxygens (including phenoxy) is 1. The number of nitrogens with zero attached hydrogens (tertiary/aromatic N) is 2. The number of aromatic nitrogens is 1. The van der Waals surface area contributed by atoms with Gasteiger partial charge in [0, 0.05) is 26.1 Å². The van der Waals surface area contributed by atoms with Crippen molar-refractivity contribution in [2.24, 2.45) is 11.1 Å². The Bertz CT molecular complexity index is 1100. The monoisotopic (exact) mass is 545 g/mol. The molecule has 0 radical (unpaired) electrons. The summed E-state index contributed by atoms with van der Waals surface area (Å²) >= 11 is 1.58. The molecule has 208 valence electrons. The second-order valence-corrected chi connectivity index (χ2v) is 11.5. The Balaban J connectivity index is 1.63. The van der Waals surface area contributed by atoms with Crippen molar-refractivity contribution in [3.8, 4) is 10.4 Å². The molecule has 3 atom stereocenters. The van der Waals surface area contributed by atoms with Gasteiger partial charge in [-0.1, -0.05) is 45.0 Å². The lowest BCUT2D eigenvalue weighted by atomic mass is 9.85. The van der Waals surface area contributed by atoms with Crippen molar-refractivity contribution < 1.29 is 24.2 Å². The maximum absolute atomic E-state index is 13.6. The highest BCUT2D eigenvalue weighted by atomic mass is 32.1. The number of amides is 3. The van der Waals surface area contributed by atoms with Gasteiger partial charge in [0.2, 0.25) is 17.7 Å². The van der Waals surface area contributed by atoms with Crippen LogP contribution < -0.4 is 16.4 Å². The molecule has 0 unspecified atom stereocenters. The Morgan fingerprint density at radius 2 is 1.97 bits per heavy atom. The molecule has 0 saturated carbocycles. The maximum Gasteiger partial charge on any atom is 0.246 e. The number of nitrogens with one attached hydrogen (secondary N) is 2. The molecule has 38 heavy (non-hydrogen) atoms. The minimum atomic E-state index is -0.892. The fraction of sp³-hybridized carbons (Fsp3) is 0.556. The first-order valence-electron chi connectivity index (χ1n) is 12.8. The van der Waals surface area contributed by atoms with E-state index in [1.807, 2.05) is 57.5 Å². The molecule has 5 N–H and O–H groups in total. The van der Waals surface area contributed by atoms with Gasteiger partial charge in [-0.25, -0.2) is 4.98 Å². The van der Waals surface area contributed by atoms with Gasteiger partial charge in [-0.15, -0.1) is 11.3 Å². The number of aryl methyl sites for hydroxylation is 1. The van der Waals surface area contributed by atoms with Gasteiger partial charge in [-0.2, -0.15) is 0 Å². The van der Waals surface area contributed by atoms with E-state index in [1.165, 1.54) is 4.90 Å². The highest BCUT2D eigenvalue weighted by molar-refractivity contribution is 7.13. The maximum atomic E-state index is 13.6. The van der Waals surface area contributed by atoms with Crippen LogP contribution in [-0.4, -0.2) is 77.2 Å². The predicted octanol–water partition coefficient (Wildman–Crippen LogP) is 1.59. The number of likely N-dealkylation sites (tertiary alicyclic amines) is 1. The number of hydrogen-bond donors (Lipinski definition) is 4. The largest absolute Gasteiger partial charge is 0.391 e. The van der Waals surface area contributed by atoms with Crippen LogP contribution in [0.15, 0.2) is 29.8 Å². The van der Waals surface area contributed by atoms with Gasteiger partial charge in [0.25, 0.3) is 0 Å². The summed E-state index contributed by atoms with van der Waals surface area (Å²) in [5.74, 6) is -1.18. The van der Waals surface area contributed by atoms with Gasteiger partial charge < -0.3 is 31.1 Å². The lowest BCUT2D eigenvalue weighted by Gasteiger charge is -2.35. The van der Waals surface area contributed by atoms with Gasteiger partial charge in [-0.05, 0) is 36.4 Å². The van der Waals surface area contributed by atoms with Crippen LogP contribution in [0.25, 0.3) is 10.4 Å². The van der Waals surface area contributed by atoms with Crippen LogP contribution in [0.4, 0.5) is 0 Å². The van der Waals surface area contributed by atoms with Crippen molar-refractivity contribution in [2.75, 3.05) is 26.3 Å². The molecule has 2 heterocycles. The molecular formula is C27H39N5O5S. The second-order valence-electron chi connectivity index (χ2n) is 10.6. The van der Waals surface area contributed by atoms with Gasteiger partial charge in [0.05, 0.1) is 22.2 Å². The normalized spacial score (nSPS) is 18.3. The Kier molecular flexibility index (Phi) is 10.4. The van der Waals surface area contributed by atoms with Gasteiger partial charge in [-0.3, -0.25) is 14.4 Å². The zero-order valence-corrected chi connectivity index (χ0v) is 23.3. The SMILES string of the molecule is Cc1ncsc1-c1ccc(CNC(=O)[C@@H]2C[C@@H](O)CN2C(=O)[C@@H](NC(=O)COCCCN)C(C)(C)C)cc1. The smallest absolute Gasteiger partial charge is 0.246 e. The van der Waals surface area contributed by atoms with E-state index in [0.29, 0.717) is 19.6 Å². The number of thiazole rings is 1. The molecule has 0 spiro atoms. The van der Waals surface area contributed by atoms with Crippen molar-refractivity contribution in [1.82, 2.24) is 20.5 Å². The summed E-state index contributed by atoms with van der Waals surface area (Å²) < 4.78 is 5.32. The molecule has 3 rings (SSSR count). The number of carbonyl (C=O) groups is 3. The number of β-amino-alcohol motifs (C(OH)–C–C–N with tert-alkyl or cyclic N) is 1. The first kappa shape index (κ1) is 29.7. The third-order valence-corrected chi connectivity index (χ3v) is 7.42. The van der Waals surface area contributed by atoms with Crippen LogP contribution in [0.1, 0.15) is 44.9 Å². The quantitative estimate of drug-likeness (QED) is 0.314. The Labute approximate surface area is 228 Å². The van der Waals surface area contributed by atoms with E-state index in [0.717, 1.165) is 21.7 Å². The van der Waals surface area contributed by atoms with E-state index >= 15 is 0 Å². The third kappa shape index (κ3) is 7.83. The summed E-state index contributed by atoms with van der Waals surface area (Å²) in [6, 6.07) is 6.15. The molecule has 0 bridgehead atoms. The van der Waals surface area contributed by atoms with E-state index in [2.05, 4.69) is 15.6 Å². The lowest BCUT2D eigenvalue weighted by molar-refractivity contribution is -0.144. The van der Waals surface area contributed by atoms with Gasteiger partial charge in [0.15, 0.2) is 0 Å². The highest BCUT2D eigenvalue weighted by Crippen LogP contribution is 2.28. The first-order chi connectivity index (χ1) is 18.0. The summed E-state index contributed by atoms with van der Waals surface area (Å²) in [5, 5.41) is 16.0. The van der Waals surface area contributed by atoms with Crippen LogP contribution in [0, 0.1) is 12.3 Å². The van der Waals surface area contributed by atoms with Crippen LogP contribution in [0.5, 0.6) is 0 Å². The van der Waals surface area contributed by atoms with Crippen LogP contribution in [0.3, 0.4) is 0 Å². The molecule has 10 nitrogen and oxygen atoms in total. The van der Waals surface area contributed by atoms with Crippen molar-refractivity contribution in [2.45, 2.75) is 65.3 Å². The zero-order valence-electron chi connectivity index (χ0n) is 22.5. The Morgan fingerprint density at radius 1 is 1.26 bits per heavy atom. The Morgan fingerprint density at radius 3 is 2.58 bits per heavy atom. The van der Waals surface area contributed by atoms with E-state index in [-0.39, 0.29) is 32.0 Å². The van der Waals surface area contributed by atoms with Crippen molar-refractivity contribution >= 4 is 29.1 Å². The number of nitrogens with two attached hydrogens (primary N) is 1. The van der Waals surface area contributed by atoms with E-state index < -0.39 is 35.4 Å². The fourth-order valence-corrected chi connectivity index (χ4v) is 5.14. The number of carbonyl (C=O) groups excluding carboxylic acids is 3. The minimum Gasteiger partial charge on any atom is -0.391 e. The first-order valence-corrected chi connectivity index (χ1v) is 13.7. The number of benzene rings is 1. The van der Waals surface area contributed by atoms with E-state index in [1.54, 1.807) is 11.3 Å². The molecule has 1 aromatic heterocycles. The van der Waals surface area contributed by atoms with Crippen LogP contribution in [0.2, 0.25) is 0 Å². The van der Waals surface area contributed by atoms with Crippen molar-refractivity contribution in [1.29, 1.82) is 0 Å². The molecular weight excluding hydrogens is 506 g/mol.